The molecule has 1 fully saturated rings. The number of ether oxygens (including phenoxy) is 1. The summed E-state index contributed by atoms with van der Waals surface area (Å²) in [6.45, 7) is -0.637. The fourth-order valence-electron chi connectivity index (χ4n) is 2.25. The van der Waals surface area contributed by atoms with Gasteiger partial charge in [0.1, 0.15) is 23.9 Å². The highest BCUT2D eigenvalue weighted by molar-refractivity contribution is 5.42. The van der Waals surface area contributed by atoms with Gasteiger partial charge in [0.05, 0.1) is 6.61 Å². The number of nitrogens with two attached hydrogens (primary N) is 1. The Hall–Kier alpha value is -1.22. The summed E-state index contributed by atoms with van der Waals surface area (Å²) in [5, 5.41) is 48.9. The monoisotopic (exact) mass is 271 g/mol. The molecule has 0 amide bonds. The molecular formula is C12H17NO6. The maximum Gasteiger partial charge on any atom is 0.184 e. The first-order chi connectivity index (χ1) is 8.91. The molecule has 1 heterocycles. The van der Waals surface area contributed by atoms with E-state index >= 15 is 0 Å². The molecule has 7 heteroatoms. The lowest BCUT2D eigenvalue weighted by molar-refractivity contribution is -0.325. The third kappa shape index (κ3) is 2.20. The first kappa shape index (κ1) is 14.2. The predicted octanol–water partition coefficient (Wildman–Crippen LogP) is -2.11. The van der Waals surface area contributed by atoms with Crippen molar-refractivity contribution in [2.45, 2.75) is 30.2 Å². The molecule has 106 valence electrons. The van der Waals surface area contributed by atoms with Gasteiger partial charge in [0.25, 0.3) is 0 Å². The molecule has 1 saturated heterocycles. The van der Waals surface area contributed by atoms with Crippen molar-refractivity contribution in [1.82, 2.24) is 0 Å². The lowest BCUT2D eigenvalue weighted by Gasteiger charge is -2.46. The van der Waals surface area contributed by atoms with E-state index in [4.69, 9.17) is 10.5 Å². The van der Waals surface area contributed by atoms with Gasteiger partial charge in [-0.3, -0.25) is 0 Å². The summed E-state index contributed by atoms with van der Waals surface area (Å²) in [5.74, 6) is 0. The Morgan fingerprint density at radius 1 is 1.16 bits per heavy atom. The fourth-order valence-corrected chi connectivity index (χ4v) is 2.25. The Balaban J connectivity index is 2.44. The predicted molar refractivity (Wildman–Crippen MR) is 64.7 cm³/mol. The van der Waals surface area contributed by atoms with Crippen molar-refractivity contribution in [2.24, 2.45) is 0 Å². The summed E-state index contributed by atoms with van der Waals surface area (Å²) >= 11 is 0. The van der Waals surface area contributed by atoms with Crippen molar-refractivity contribution in [3.63, 3.8) is 0 Å². The molecule has 0 radical (unpaired) electrons. The second kappa shape index (κ2) is 5.04. The first-order valence-corrected chi connectivity index (χ1v) is 5.80. The molecule has 19 heavy (non-hydrogen) atoms. The maximum absolute atomic E-state index is 10.6. The minimum absolute atomic E-state index is 0.221. The van der Waals surface area contributed by atoms with Crippen molar-refractivity contribution in [1.29, 1.82) is 0 Å². The zero-order chi connectivity index (χ0) is 14.2. The Bertz CT molecular complexity index is 434. The van der Waals surface area contributed by atoms with Crippen LogP contribution in [-0.2, 0) is 10.3 Å². The molecule has 0 aromatic heterocycles. The lowest BCUT2D eigenvalue weighted by Crippen LogP contribution is -2.64. The lowest BCUT2D eigenvalue weighted by atomic mass is 9.78. The highest BCUT2D eigenvalue weighted by Crippen LogP contribution is 2.37. The minimum Gasteiger partial charge on any atom is -0.399 e. The van der Waals surface area contributed by atoms with Crippen LogP contribution in [0.3, 0.4) is 0 Å². The Morgan fingerprint density at radius 2 is 1.74 bits per heavy atom. The van der Waals surface area contributed by atoms with Gasteiger partial charge in [-0.1, -0.05) is 12.1 Å². The number of nitrogen functional groups attached to an aromatic ring is 1. The molecule has 0 bridgehead atoms. The van der Waals surface area contributed by atoms with Gasteiger partial charge in [-0.25, -0.2) is 0 Å². The van der Waals surface area contributed by atoms with Gasteiger partial charge in [-0.2, -0.15) is 0 Å². The number of aliphatic hydroxyl groups excluding tert-OH is 4. The maximum atomic E-state index is 10.6. The Morgan fingerprint density at radius 3 is 2.26 bits per heavy atom. The minimum atomic E-state index is -2.04. The summed E-state index contributed by atoms with van der Waals surface area (Å²) in [5.41, 5.74) is 4.18. The molecule has 1 aromatic carbocycles. The molecule has 2 rings (SSSR count). The van der Waals surface area contributed by atoms with Crippen LogP contribution in [0.1, 0.15) is 5.56 Å². The normalized spacial score (nSPS) is 39.2. The average Bonchev–Trinajstić information content (AvgIpc) is 2.41. The van der Waals surface area contributed by atoms with Crippen LogP contribution in [0, 0.1) is 0 Å². The van der Waals surface area contributed by atoms with Gasteiger partial charge in [0.15, 0.2) is 6.29 Å². The quantitative estimate of drug-likeness (QED) is 0.339. The van der Waals surface area contributed by atoms with E-state index in [1.54, 1.807) is 0 Å². The molecule has 5 atom stereocenters. The van der Waals surface area contributed by atoms with Crippen LogP contribution in [0.25, 0.3) is 0 Å². The van der Waals surface area contributed by atoms with Crippen molar-refractivity contribution in [3.8, 4) is 0 Å². The van der Waals surface area contributed by atoms with Crippen molar-refractivity contribution in [2.75, 3.05) is 12.3 Å². The van der Waals surface area contributed by atoms with Crippen LogP contribution in [0.2, 0.25) is 0 Å². The van der Waals surface area contributed by atoms with Crippen LogP contribution < -0.4 is 5.73 Å². The average molecular weight is 271 g/mol. The van der Waals surface area contributed by atoms with E-state index in [0.29, 0.717) is 5.69 Å². The molecule has 0 saturated carbocycles. The second-order valence-electron chi connectivity index (χ2n) is 4.58. The Labute approximate surface area is 109 Å². The van der Waals surface area contributed by atoms with E-state index in [0.717, 1.165) is 0 Å². The molecule has 7 nitrogen and oxygen atoms in total. The standard InChI is InChI=1S/C12H17NO6/c13-7-3-1-6(2-4-7)12(18)8(5-14)19-11(17)9(15)10(12)16/h1-4,8-11,14-18H,5,13H2/t8-,9+,10-,11+,12-/m1/s1. The van der Waals surface area contributed by atoms with Gasteiger partial charge in [0, 0.05) is 5.69 Å². The summed E-state index contributed by atoms with van der Waals surface area (Å²) in [7, 11) is 0. The van der Waals surface area contributed by atoms with Crippen molar-refractivity contribution in [3.05, 3.63) is 29.8 Å². The van der Waals surface area contributed by atoms with Crippen molar-refractivity contribution < 1.29 is 30.3 Å². The third-order valence-corrected chi connectivity index (χ3v) is 3.40. The largest absolute Gasteiger partial charge is 0.399 e. The van der Waals surface area contributed by atoms with Crippen LogP contribution in [-0.4, -0.2) is 56.7 Å². The van der Waals surface area contributed by atoms with Gasteiger partial charge in [-0.05, 0) is 17.7 Å². The topological polar surface area (TPSA) is 136 Å². The molecule has 1 aromatic rings. The smallest absolute Gasteiger partial charge is 0.184 e. The molecule has 0 spiro atoms. The molecule has 1 aliphatic rings. The Kier molecular flexibility index (Phi) is 3.77. The van der Waals surface area contributed by atoms with E-state index in [9.17, 15) is 25.5 Å². The summed E-state index contributed by atoms with van der Waals surface area (Å²) in [6, 6.07) is 5.92. The van der Waals surface area contributed by atoms with Gasteiger partial charge in [-0.15, -0.1) is 0 Å². The highest BCUT2D eigenvalue weighted by Gasteiger charge is 2.55. The van der Waals surface area contributed by atoms with Gasteiger partial charge < -0.3 is 36.0 Å². The first-order valence-electron chi connectivity index (χ1n) is 5.80. The number of hydrogen-bond donors (Lipinski definition) is 6. The zero-order valence-corrected chi connectivity index (χ0v) is 10.0. The molecule has 7 N–H and O–H groups in total. The third-order valence-electron chi connectivity index (χ3n) is 3.40. The summed E-state index contributed by atoms with van der Waals surface area (Å²) in [4.78, 5) is 0. The van der Waals surface area contributed by atoms with E-state index < -0.39 is 36.8 Å². The van der Waals surface area contributed by atoms with Crippen LogP contribution in [0.4, 0.5) is 5.69 Å². The van der Waals surface area contributed by atoms with Crippen LogP contribution in [0.15, 0.2) is 24.3 Å². The summed E-state index contributed by atoms with van der Waals surface area (Å²) < 4.78 is 4.93. The van der Waals surface area contributed by atoms with E-state index in [2.05, 4.69) is 0 Å². The molecule has 0 aliphatic carbocycles. The zero-order valence-electron chi connectivity index (χ0n) is 10.0. The molecule has 0 unspecified atom stereocenters. The number of aliphatic hydroxyl groups is 5. The number of anilines is 1. The number of hydrogen-bond acceptors (Lipinski definition) is 7. The van der Waals surface area contributed by atoms with E-state index in [-0.39, 0.29) is 5.56 Å². The fraction of sp³-hybridized carbons (Fsp3) is 0.500. The van der Waals surface area contributed by atoms with Gasteiger partial charge in [0.2, 0.25) is 0 Å². The molecular weight excluding hydrogens is 254 g/mol. The number of benzene rings is 1. The molecule has 1 aliphatic heterocycles. The van der Waals surface area contributed by atoms with E-state index in [1.165, 1.54) is 24.3 Å². The SMILES string of the molecule is Nc1ccc([C@]2(O)[C@H](O)[C@H](O)[C@@H](O)O[C@@H]2CO)cc1. The number of rotatable bonds is 2. The van der Waals surface area contributed by atoms with E-state index in [1.807, 2.05) is 0 Å². The second-order valence-corrected chi connectivity index (χ2v) is 4.58. The van der Waals surface area contributed by atoms with Gasteiger partial charge >= 0.3 is 0 Å². The summed E-state index contributed by atoms with van der Waals surface area (Å²) in [6.07, 6.45) is -6.35. The van der Waals surface area contributed by atoms with Crippen molar-refractivity contribution >= 4 is 5.69 Å². The highest BCUT2D eigenvalue weighted by atomic mass is 16.6. The van der Waals surface area contributed by atoms with Crippen LogP contribution >= 0.6 is 0 Å². The van der Waals surface area contributed by atoms with Crippen LogP contribution in [0.5, 0.6) is 0 Å².